The van der Waals surface area contributed by atoms with Crippen molar-refractivity contribution in [2.75, 3.05) is 18.1 Å². The summed E-state index contributed by atoms with van der Waals surface area (Å²) in [5.74, 6) is -0.538. The molecular formula is C27H30N4O5. The molecule has 3 aromatic rings. The minimum atomic E-state index is -0.981. The highest BCUT2D eigenvalue weighted by molar-refractivity contribution is 6.04. The Labute approximate surface area is 209 Å². The number of hydrogen-bond donors (Lipinski definition) is 2. The minimum Gasteiger partial charge on any atom is -0.494 e. The van der Waals surface area contributed by atoms with Crippen molar-refractivity contribution in [2.45, 2.75) is 44.7 Å². The molecule has 1 aromatic carbocycles. The molecule has 2 N–H and O–H groups in total. The van der Waals surface area contributed by atoms with Crippen LogP contribution in [0.25, 0.3) is 0 Å². The lowest BCUT2D eigenvalue weighted by Gasteiger charge is -2.32. The third-order valence-electron chi connectivity index (χ3n) is 6.05. The van der Waals surface area contributed by atoms with Gasteiger partial charge >= 0.3 is 0 Å². The van der Waals surface area contributed by atoms with Gasteiger partial charge < -0.3 is 19.8 Å². The second-order valence-corrected chi connectivity index (χ2v) is 8.53. The van der Waals surface area contributed by atoms with Crippen molar-refractivity contribution < 1.29 is 23.5 Å². The van der Waals surface area contributed by atoms with Gasteiger partial charge in [0.05, 0.1) is 19.4 Å². The van der Waals surface area contributed by atoms with Crippen LogP contribution in [-0.2, 0) is 9.59 Å². The largest absolute Gasteiger partial charge is 0.494 e. The molecule has 0 unspecified atom stereocenters. The van der Waals surface area contributed by atoms with E-state index in [0.29, 0.717) is 23.6 Å². The first kappa shape index (κ1) is 25.0. The average Bonchev–Trinajstić information content (AvgIpc) is 3.62. The van der Waals surface area contributed by atoms with Gasteiger partial charge in [0.25, 0.3) is 5.91 Å². The normalized spacial score (nSPS) is 14.1. The number of furan rings is 1. The van der Waals surface area contributed by atoms with Crippen molar-refractivity contribution in [3.8, 4) is 5.75 Å². The highest BCUT2D eigenvalue weighted by atomic mass is 16.5. The van der Waals surface area contributed by atoms with Crippen LogP contribution in [0.3, 0.4) is 0 Å². The zero-order valence-corrected chi connectivity index (χ0v) is 20.2. The Bertz CT molecular complexity index is 1140. The number of aromatic nitrogens is 1. The molecule has 0 radical (unpaired) electrons. The summed E-state index contributed by atoms with van der Waals surface area (Å²) in [6, 6.07) is 12.6. The number of pyridine rings is 1. The molecule has 2 aromatic heterocycles. The van der Waals surface area contributed by atoms with Gasteiger partial charge in [0.1, 0.15) is 11.8 Å². The molecule has 0 bridgehead atoms. The van der Waals surface area contributed by atoms with Crippen molar-refractivity contribution in [2.24, 2.45) is 0 Å². The third-order valence-corrected chi connectivity index (χ3v) is 6.05. The van der Waals surface area contributed by atoms with Crippen molar-refractivity contribution in [3.05, 3.63) is 78.5 Å². The maximum atomic E-state index is 13.7. The fourth-order valence-electron chi connectivity index (χ4n) is 4.35. The van der Waals surface area contributed by atoms with Crippen LogP contribution in [0.5, 0.6) is 5.75 Å². The number of carbonyl (C=O) groups excluding carboxylic acids is 3. The van der Waals surface area contributed by atoms with E-state index in [2.05, 4.69) is 15.6 Å². The number of carbonyl (C=O) groups is 3. The van der Waals surface area contributed by atoms with Crippen molar-refractivity contribution >= 4 is 23.4 Å². The molecule has 9 heteroatoms. The predicted octanol–water partition coefficient (Wildman–Crippen LogP) is 3.64. The molecule has 1 fully saturated rings. The van der Waals surface area contributed by atoms with Gasteiger partial charge in [-0.2, -0.15) is 0 Å². The number of ether oxygens (including phenoxy) is 1. The zero-order valence-electron chi connectivity index (χ0n) is 20.2. The summed E-state index contributed by atoms with van der Waals surface area (Å²) in [6.45, 7) is 2.06. The first-order valence-electron chi connectivity index (χ1n) is 12.1. The molecule has 188 valence electrons. The molecule has 1 atom stereocenters. The Kier molecular flexibility index (Phi) is 8.33. The molecule has 2 heterocycles. The Balaban J connectivity index is 1.66. The predicted molar refractivity (Wildman–Crippen MR) is 134 cm³/mol. The van der Waals surface area contributed by atoms with Gasteiger partial charge in [-0.3, -0.25) is 24.3 Å². The fourth-order valence-corrected chi connectivity index (χ4v) is 4.35. The Morgan fingerprint density at radius 3 is 2.53 bits per heavy atom. The number of nitrogens with zero attached hydrogens (tertiary/aromatic N) is 2. The van der Waals surface area contributed by atoms with Crippen LogP contribution in [0.15, 0.2) is 71.6 Å². The van der Waals surface area contributed by atoms with Crippen LogP contribution in [0, 0.1) is 0 Å². The summed E-state index contributed by atoms with van der Waals surface area (Å²) >= 11 is 0. The number of anilines is 1. The summed E-state index contributed by atoms with van der Waals surface area (Å²) in [5.41, 5.74) is 1.05. The second kappa shape index (κ2) is 12.0. The van der Waals surface area contributed by atoms with E-state index < -0.39 is 17.9 Å². The maximum absolute atomic E-state index is 13.7. The van der Waals surface area contributed by atoms with Crippen molar-refractivity contribution in [1.29, 1.82) is 0 Å². The van der Waals surface area contributed by atoms with Crippen molar-refractivity contribution in [3.63, 3.8) is 0 Å². The summed E-state index contributed by atoms with van der Waals surface area (Å²) in [7, 11) is 0. The molecule has 4 rings (SSSR count). The van der Waals surface area contributed by atoms with Crippen LogP contribution in [0.4, 0.5) is 5.69 Å². The quantitative estimate of drug-likeness (QED) is 0.449. The summed E-state index contributed by atoms with van der Waals surface area (Å²) in [4.78, 5) is 45.3. The number of hydrogen-bond acceptors (Lipinski definition) is 6. The van der Waals surface area contributed by atoms with E-state index in [9.17, 15) is 14.4 Å². The Morgan fingerprint density at radius 1 is 1.11 bits per heavy atom. The molecule has 1 aliphatic rings. The lowest BCUT2D eigenvalue weighted by molar-refractivity contribution is -0.126. The fraction of sp³-hybridized carbons (Fsp3) is 0.333. The van der Waals surface area contributed by atoms with Gasteiger partial charge in [0.2, 0.25) is 11.8 Å². The van der Waals surface area contributed by atoms with E-state index in [1.54, 1.807) is 54.9 Å². The molecule has 0 saturated heterocycles. The maximum Gasteiger partial charge on any atom is 0.287 e. The molecule has 0 spiro atoms. The second-order valence-electron chi connectivity index (χ2n) is 8.53. The van der Waals surface area contributed by atoms with Crippen LogP contribution in [-0.4, -0.2) is 41.9 Å². The first-order valence-corrected chi connectivity index (χ1v) is 12.1. The standard InChI is InChI=1S/C27H30N4O5/c1-2-35-22-13-11-21(12-14-22)31(24(32)18-29-26(33)23-10-6-16-36-23)25(19-7-5-15-28-17-19)27(34)30-20-8-3-4-9-20/h5-7,10-17,20,25H,2-4,8-9,18H2,1H3,(H,29,33)(H,30,34)/t25-/m0/s1. The van der Waals surface area contributed by atoms with E-state index in [0.717, 1.165) is 25.7 Å². The molecule has 0 aliphatic heterocycles. The monoisotopic (exact) mass is 490 g/mol. The van der Waals surface area contributed by atoms with Crippen LogP contribution in [0.1, 0.15) is 54.8 Å². The van der Waals surface area contributed by atoms with Gasteiger partial charge in [-0.25, -0.2) is 0 Å². The van der Waals surface area contributed by atoms with E-state index in [1.807, 2.05) is 6.92 Å². The molecule has 36 heavy (non-hydrogen) atoms. The topological polar surface area (TPSA) is 114 Å². The Morgan fingerprint density at radius 2 is 1.89 bits per heavy atom. The lowest BCUT2D eigenvalue weighted by atomic mass is 10.0. The van der Waals surface area contributed by atoms with Crippen LogP contribution in [0.2, 0.25) is 0 Å². The smallest absolute Gasteiger partial charge is 0.287 e. The van der Waals surface area contributed by atoms with Gasteiger partial charge in [0.15, 0.2) is 5.76 Å². The average molecular weight is 491 g/mol. The van der Waals surface area contributed by atoms with Gasteiger partial charge in [-0.15, -0.1) is 0 Å². The van der Waals surface area contributed by atoms with Crippen molar-refractivity contribution in [1.82, 2.24) is 15.6 Å². The van der Waals surface area contributed by atoms with E-state index >= 15 is 0 Å². The number of amides is 3. The van der Waals surface area contributed by atoms with E-state index in [1.165, 1.54) is 17.2 Å². The van der Waals surface area contributed by atoms with Gasteiger partial charge in [-0.05, 0) is 62.2 Å². The summed E-state index contributed by atoms with van der Waals surface area (Å²) in [6.07, 6.45) is 8.50. The summed E-state index contributed by atoms with van der Waals surface area (Å²) in [5, 5.41) is 5.70. The Hall–Kier alpha value is -4.14. The number of benzene rings is 1. The summed E-state index contributed by atoms with van der Waals surface area (Å²) < 4.78 is 10.7. The van der Waals surface area contributed by atoms with Gasteiger partial charge in [-0.1, -0.05) is 18.9 Å². The SMILES string of the molecule is CCOc1ccc(N(C(=O)CNC(=O)c2ccco2)[C@H](C(=O)NC2CCCC2)c2cccnc2)cc1. The van der Waals surface area contributed by atoms with Gasteiger partial charge in [0, 0.05) is 29.7 Å². The zero-order chi connectivity index (χ0) is 25.3. The molecule has 1 aliphatic carbocycles. The third kappa shape index (κ3) is 6.10. The number of nitrogens with one attached hydrogen (secondary N) is 2. The highest BCUT2D eigenvalue weighted by Gasteiger charge is 2.34. The molecule has 3 amide bonds. The minimum absolute atomic E-state index is 0.0626. The van der Waals surface area contributed by atoms with E-state index in [-0.39, 0.29) is 24.3 Å². The first-order chi connectivity index (χ1) is 17.6. The van der Waals surface area contributed by atoms with Crippen LogP contribution < -0.4 is 20.3 Å². The van der Waals surface area contributed by atoms with E-state index in [4.69, 9.17) is 9.15 Å². The molecule has 1 saturated carbocycles. The molecule has 9 nitrogen and oxygen atoms in total. The highest BCUT2D eigenvalue weighted by Crippen LogP contribution is 2.30. The lowest BCUT2D eigenvalue weighted by Crippen LogP contribution is -2.49. The molecular weight excluding hydrogens is 460 g/mol. The number of rotatable bonds is 10. The van der Waals surface area contributed by atoms with Crippen LogP contribution >= 0.6 is 0 Å².